The molecule has 1 heterocycles. The van der Waals surface area contributed by atoms with Gasteiger partial charge in [0.05, 0.1) is 10.9 Å². The summed E-state index contributed by atoms with van der Waals surface area (Å²) in [6.45, 7) is 0.334. The zero-order valence-corrected chi connectivity index (χ0v) is 11.7. The van der Waals surface area contributed by atoms with Gasteiger partial charge in [-0.25, -0.2) is 8.42 Å². The van der Waals surface area contributed by atoms with Crippen LogP contribution in [0.2, 0.25) is 5.02 Å². The quantitative estimate of drug-likeness (QED) is 0.924. The molecule has 1 aliphatic rings. The molecule has 1 atom stereocenters. The molecule has 0 aliphatic carbocycles. The Labute approximate surface area is 116 Å². The summed E-state index contributed by atoms with van der Waals surface area (Å²) in [7, 11) is -3.72. The van der Waals surface area contributed by atoms with Gasteiger partial charge in [0.1, 0.15) is 4.90 Å². The van der Waals surface area contributed by atoms with E-state index in [4.69, 9.17) is 16.7 Å². The number of carboxylic acids is 1. The van der Waals surface area contributed by atoms with Crippen molar-refractivity contribution in [2.75, 3.05) is 13.1 Å². The molecule has 0 spiro atoms. The van der Waals surface area contributed by atoms with Gasteiger partial charge in [0.2, 0.25) is 10.0 Å². The van der Waals surface area contributed by atoms with Crippen LogP contribution in [0.15, 0.2) is 29.2 Å². The average Bonchev–Trinajstić information content (AvgIpc) is 2.39. The maximum absolute atomic E-state index is 12.4. The van der Waals surface area contributed by atoms with E-state index in [1.54, 1.807) is 12.1 Å². The number of carbonyl (C=O) groups is 1. The maximum atomic E-state index is 12.4. The zero-order valence-electron chi connectivity index (χ0n) is 10.1. The third-order valence-corrected chi connectivity index (χ3v) is 5.55. The van der Waals surface area contributed by atoms with Crippen molar-refractivity contribution < 1.29 is 18.3 Å². The van der Waals surface area contributed by atoms with Crippen LogP contribution in [-0.4, -0.2) is 36.9 Å². The number of rotatable bonds is 3. The van der Waals surface area contributed by atoms with E-state index in [-0.39, 0.29) is 16.5 Å². The number of sulfonamides is 1. The second-order valence-corrected chi connectivity index (χ2v) is 6.78. The molecule has 7 heteroatoms. The van der Waals surface area contributed by atoms with Crippen LogP contribution in [0.4, 0.5) is 0 Å². The minimum absolute atomic E-state index is 0.00287. The Morgan fingerprint density at radius 1 is 1.37 bits per heavy atom. The fourth-order valence-corrected chi connectivity index (χ4v) is 4.17. The molecule has 0 bridgehead atoms. The van der Waals surface area contributed by atoms with Gasteiger partial charge in [-0.1, -0.05) is 23.7 Å². The highest BCUT2D eigenvalue weighted by Crippen LogP contribution is 2.28. The van der Waals surface area contributed by atoms with Gasteiger partial charge in [-0.05, 0) is 25.0 Å². The third kappa shape index (κ3) is 2.91. The lowest BCUT2D eigenvalue weighted by atomic mass is 10.0. The summed E-state index contributed by atoms with van der Waals surface area (Å²) in [4.78, 5) is 11.0. The van der Waals surface area contributed by atoms with E-state index in [1.807, 2.05) is 0 Å². The van der Waals surface area contributed by atoms with E-state index in [0.717, 1.165) is 0 Å². The van der Waals surface area contributed by atoms with E-state index >= 15 is 0 Å². The Bertz CT molecular complexity index is 587. The molecule has 0 aromatic heterocycles. The molecule has 0 saturated carbocycles. The van der Waals surface area contributed by atoms with E-state index in [0.29, 0.717) is 19.4 Å². The van der Waals surface area contributed by atoms with E-state index in [1.165, 1.54) is 16.4 Å². The van der Waals surface area contributed by atoms with Crippen LogP contribution in [0, 0.1) is 5.92 Å². The van der Waals surface area contributed by atoms with Crippen LogP contribution in [0.3, 0.4) is 0 Å². The predicted molar refractivity (Wildman–Crippen MR) is 70.6 cm³/mol. The molecule has 2 rings (SSSR count). The van der Waals surface area contributed by atoms with Crippen molar-refractivity contribution in [3.05, 3.63) is 29.3 Å². The summed E-state index contributed by atoms with van der Waals surface area (Å²) in [5, 5.41) is 9.15. The van der Waals surface area contributed by atoms with Crippen LogP contribution in [0.25, 0.3) is 0 Å². The summed E-state index contributed by atoms with van der Waals surface area (Å²) in [6.07, 6.45) is 1.05. The van der Waals surface area contributed by atoms with Gasteiger partial charge in [0, 0.05) is 13.1 Å². The number of halogens is 1. The van der Waals surface area contributed by atoms with Gasteiger partial charge in [-0.3, -0.25) is 4.79 Å². The number of hydrogen-bond acceptors (Lipinski definition) is 3. The highest BCUT2D eigenvalue weighted by Gasteiger charge is 2.33. The molecule has 19 heavy (non-hydrogen) atoms. The lowest BCUT2D eigenvalue weighted by Gasteiger charge is -2.30. The Morgan fingerprint density at radius 2 is 2.05 bits per heavy atom. The molecule has 1 aliphatic heterocycles. The Hall–Kier alpha value is -1.11. The maximum Gasteiger partial charge on any atom is 0.307 e. The highest BCUT2D eigenvalue weighted by atomic mass is 35.5. The molecule has 1 aromatic rings. The summed E-state index contributed by atoms with van der Waals surface area (Å²) < 4.78 is 26.1. The van der Waals surface area contributed by atoms with Crippen molar-refractivity contribution in [2.45, 2.75) is 17.7 Å². The fourth-order valence-electron chi connectivity index (χ4n) is 2.16. The molecule has 1 fully saturated rings. The lowest BCUT2D eigenvalue weighted by Crippen LogP contribution is -2.42. The largest absolute Gasteiger partial charge is 0.481 e. The fraction of sp³-hybridized carbons (Fsp3) is 0.417. The van der Waals surface area contributed by atoms with Gasteiger partial charge in [0.15, 0.2) is 0 Å². The van der Waals surface area contributed by atoms with Crippen molar-refractivity contribution in [1.82, 2.24) is 4.31 Å². The molecule has 104 valence electrons. The minimum atomic E-state index is -3.72. The monoisotopic (exact) mass is 303 g/mol. The van der Waals surface area contributed by atoms with Crippen LogP contribution >= 0.6 is 11.6 Å². The molecule has 0 amide bonds. The number of hydrogen-bond donors (Lipinski definition) is 1. The van der Waals surface area contributed by atoms with Crippen molar-refractivity contribution in [2.24, 2.45) is 5.92 Å². The average molecular weight is 304 g/mol. The molecule has 1 aromatic carbocycles. The van der Waals surface area contributed by atoms with Crippen LogP contribution in [0.1, 0.15) is 12.8 Å². The Kier molecular flexibility index (Phi) is 4.13. The number of aliphatic carboxylic acids is 1. The summed E-state index contributed by atoms with van der Waals surface area (Å²) in [5.74, 6) is -1.61. The van der Waals surface area contributed by atoms with Crippen molar-refractivity contribution in [1.29, 1.82) is 0 Å². The molecule has 0 radical (unpaired) electrons. The van der Waals surface area contributed by atoms with Crippen LogP contribution < -0.4 is 0 Å². The SMILES string of the molecule is O=C(O)[C@@H]1CCCN(S(=O)(=O)c2ccccc2Cl)C1. The lowest BCUT2D eigenvalue weighted by molar-refractivity contribution is -0.142. The second-order valence-electron chi connectivity index (χ2n) is 4.47. The molecular formula is C12H14ClNO4S. The van der Waals surface area contributed by atoms with Crippen molar-refractivity contribution in [3.8, 4) is 0 Å². The van der Waals surface area contributed by atoms with E-state index in [9.17, 15) is 13.2 Å². The second kappa shape index (κ2) is 5.48. The molecule has 1 N–H and O–H groups in total. The third-order valence-electron chi connectivity index (χ3n) is 3.19. The normalized spacial score (nSPS) is 21.2. The molecule has 0 unspecified atom stereocenters. The first-order valence-electron chi connectivity index (χ1n) is 5.90. The first-order chi connectivity index (χ1) is 8.93. The first kappa shape index (κ1) is 14.3. The smallest absolute Gasteiger partial charge is 0.307 e. The standard InChI is InChI=1S/C12H14ClNO4S/c13-10-5-1-2-6-11(10)19(17,18)14-7-3-4-9(8-14)12(15)16/h1-2,5-6,9H,3-4,7-8H2,(H,15,16)/t9-/m1/s1. The summed E-state index contributed by atoms with van der Waals surface area (Å²) >= 11 is 5.90. The van der Waals surface area contributed by atoms with E-state index in [2.05, 4.69) is 0 Å². The Morgan fingerprint density at radius 3 is 2.68 bits per heavy atom. The van der Waals surface area contributed by atoms with Crippen molar-refractivity contribution in [3.63, 3.8) is 0 Å². The Balaban J connectivity index is 2.30. The molecular weight excluding hydrogens is 290 g/mol. The summed E-state index contributed by atoms with van der Waals surface area (Å²) in [6, 6.07) is 6.18. The number of carboxylic acid groups (broad SMARTS) is 1. The van der Waals surface area contributed by atoms with Gasteiger partial charge >= 0.3 is 5.97 Å². The number of nitrogens with zero attached hydrogens (tertiary/aromatic N) is 1. The van der Waals surface area contributed by atoms with Gasteiger partial charge in [0.25, 0.3) is 0 Å². The zero-order chi connectivity index (χ0) is 14.0. The highest BCUT2D eigenvalue weighted by molar-refractivity contribution is 7.89. The predicted octanol–water partition coefficient (Wildman–Crippen LogP) is 1.83. The van der Waals surface area contributed by atoms with Gasteiger partial charge < -0.3 is 5.11 Å². The minimum Gasteiger partial charge on any atom is -0.481 e. The van der Waals surface area contributed by atoms with Gasteiger partial charge in [-0.15, -0.1) is 0 Å². The molecule has 5 nitrogen and oxygen atoms in total. The van der Waals surface area contributed by atoms with Crippen LogP contribution in [-0.2, 0) is 14.8 Å². The van der Waals surface area contributed by atoms with Gasteiger partial charge in [-0.2, -0.15) is 4.31 Å². The summed E-state index contributed by atoms with van der Waals surface area (Å²) in [5.41, 5.74) is 0. The van der Waals surface area contributed by atoms with Crippen LogP contribution in [0.5, 0.6) is 0 Å². The first-order valence-corrected chi connectivity index (χ1v) is 7.72. The topological polar surface area (TPSA) is 74.7 Å². The number of benzene rings is 1. The van der Waals surface area contributed by atoms with E-state index < -0.39 is 21.9 Å². The van der Waals surface area contributed by atoms with Crippen molar-refractivity contribution >= 4 is 27.6 Å². The molecule has 1 saturated heterocycles. The number of piperidine rings is 1.